The molecule has 2 aromatic rings. The number of ether oxygens (including phenoxy) is 1. The predicted molar refractivity (Wildman–Crippen MR) is 82.2 cm³/mol. The van der Waals surface area contributed by atoms with E-state index in [1.807, 2.05) is 37.3 Å². The molecule has 0 bridgehead atoms. The minimum Gasteiger partial charge on any atom is -0.494 e. The van der Waals surface area contributed by atoms with Gasteiger partial charge in [-0.3, -0.25) is 0 Å². The van der Waals surface area contributed by atoms with E-state index in [1.54, 1.807) is 6.07 Å². The third kappa shape index (κ3) is 3.95. The van der Waals surface area contributed by atoms with Crippen molar-refractivity contribution in [2.24, 2.45) is 0 Å². The normalized spacial score (nSPS) is 12.0. The maximum Gasteiger partial charge on any atom is 0.165 e. The van der Waals surface area contributed by atoms with Crippen LogP contribution in [0.1, 0.15) is 24.1 Å². The van der Waals surface area contributed by atoms with Crippen molar-refractivity contribution in [3.05, 3.63) is 59.4 Å². The van der Waals surface area contributed by atoms with Crippen LogP contribution in [0, 0.1) is 5.82 Å². The highest BCUT2D eigenvalue weighted by molar-refractivity contribution is 5.47. The third-order valence-electron chi connectivity index (χ3n) is 3.41. The van der Waals surface area contributed by atoms with E-state index in [1.165, 1.54) is 13.2 Å². The number of nitrogens with one attached hydrogen (secondary N) is 1. The number of benzene rings is 2. The van der Waals surface area contributed by atoms with E-state index in [2.05, 4.69) is 5.32 Å². The molecular weight excluding hydrogens is 269 g/mol. The first-order valence-electron chi connectivity index (χ1n) is 6.94. The molecule has 4 heteroatoms. The van der Waals surface area contributed by atoms with Gasteiger partial charge in [-0.1, -0.05) is 18.2 Å². The second-order valence-electron chi connectivity index (χ2n) is 4.93. The van der Waals surface area contributed by atoms with Gasteiger partial charge in [-0.25, -0.2) is 4.39 Å². The Morgan fingerprint density at radius 1 is 1.19 bits per heavy atom. The van der Waals surface area contributed by atoms with E-state index in [0.717, 1.165) is 16.8 Å². The van der Waals surface area contributed by atoms with E-state index < -0.39 is 0 Å². The summed E-state index contributed by atoms with van der Waals surface area (Å²) in [6.45, 7) is 2.12. The minimum absolute atomic E-state index is 0.0194. The lowest BCUT2D eigenvalue weighted by atomic mass is 10.1. The summed E-state index contributed by atoms with van der Waals surface area (Å²) in [6, 6.07) is 12.8. The van der Waals surface area contributed by atoms with Crippen LogP contribution in [0.2, 0.25) is 0 Å². The Morgan fingerprint density at radius 3 is 2.48 bits per heavy atom. The number of hydrogen-bond acceptors (Lipinski definition) is 3. The topological polar surface area (TPSA) is 41.5 Å². The number of anilines is 1. The summed E-state index contributed by atoms with van der Waals surface area (Å²) in [6.07, 6.45) is 0.652. The fourth-order valence-corrected chi connectivity index (χ4v) is 2.18. The summed E-state index contributed by atoms with van der Waals surface area (Å²) in [4.78, 5) is 0. The van der Waals surface area contributed by atoms with Gasteiger partial charge < -0.3 is 15.2 Å². The first kappa shape index (κ1) is 15.3. The molecule has 0 amide bonds. The van der Waals surface area contributed by atoms with Crippen molar-refractivity contribution in [1.82, 2.24) is 0 Å². The van der Waals surface area contributed by atoms with Gasteiger partial charge in [-0.2, -0.15) is 0 Å². The van der Waals surface area contributed by atoms with E-state index in [4.69, 9.17) is 9.84 Å². The Hall–Kier alpha value is -2.07. The Labute approximate surface area is 124 Å². The summed E-state index contributed by atoms with van der Waals surface area (Å²) in [5, 5.41) is 12.2. The molecule has 2 aromatic carbocycles. The van der Waals surface area contributed by atoms with Crippen LogP contribution in [0.4, 0.5) is 10.1 Å². The van der Waals surface area contributed by atoms with Crippen molar-refractivity contribution in [2.45, 2.75) is 19.4 Å². The molecule has 0 fully saturated rings. The average molecular weight is 289 g/mol. The van der Waals surface area contributed by atoms with Crippen molar-refractivity contribution in [3.63, 3.8) is 0 Å². The fourth-order valence-electron chi connectivity index (χ4n) is 2.18. The molecule has 0 heterocycles. The first-order valence-corrected chi connectivity index (χ1v) is 6.94. The van der Waals surface area contributed by atoms with Gasteiger partial charge in [-0.15, -0.1) is 0 Å². The summed E-state index contributed by atoms with van der Waals surface area (Å²) in [5.41, 5.74) is 2.90. The maximum absolute atomic E-state index is 13.7. The molecule has 1 unspecified atom stereocenters. The smallest absolute Gasteiger partial charge is 0.165 e. The zero-order valence-corrected chi connectivity index (χ0v) is 12.3. The Morgan fingerprint density at radius 2 is 1.90 bits per heavy atom. The van der Waals surface area contributed by atoms with Gasteiger partial charge in [0.25, 0.3) is 0 Å². The molecule has 112 valence electrons. The van der Waals surface area contributed by atoms with Gasteiger partial charge in [-0.05, 0) is 48.7 Å². The lowest BCUT2D eigenvalue weighted by molar-refractivity contribution is 0.299. The van der Waals surface area contributed by atoms with Crippen molar-refractivity contribution >= 4 is 5.69 Å². The van der Waals surface area contributed by atoms with Gasteiger partial charge in [0.2, 0.25) is 0 Å². The quantitative estimate of drug-likeness (QED) is 0.854. The number of aliphatic hydroxyl groups excluding tert-OH is 1. The number of halogens is 1. The molecule has 2 N–H and O–H groups in total. The molecule has 0 radical (unpaired) electrons. The van der Waals surface area contributed by atoms with Crippen molar-refractivity contribution in [1.29, 1.82) is 0 Å². The zero-order chi connectivity index (χ0) is 15.2. The van der Waals surface area contributed by atoms with E-state index in [9.17, 15) is 4.39 Å². The molecule has 0 aromatic heterocycles. The number of hydrogen-bond donors (Lipinski definition) is 2. The van der Waals surface area contributed by atoms with Crippen LogP contribution in [-0.2, 0) is 6.42 Å². The van der Waals surface area contributed by atoms with Gasteiger partial charge in [0, 0.05) is 18.3 Å². The molecule has 0 spiro atoms. The summed E-state index contributed by atoms with van der Waals surface area (Å²) >= 11 is 0. The Bertz CT molecular complexity index is 584. The molecule has 0 saturated carbocycles. The van der Waals surface area contributed by atoms with Crippen LogP contribution in [0.25, 0.3) is 0 Å². The molecule has 21 heavy (non-hydrogen) atoms. The van der Waals surface area contributed by atoms with Gasteiger partial charge in [0.05, 0.1) is 7.11 Å². The van der Waals surface area contributed by atoms with Crippen LogP contribution in [0.15, 0.2) is 42.5 Å². The number of methoxy groups -OCH3 is 1. The van der Waals surface area contributed by atoms with Gasteiger partial charge in [0.15, 0.2) is 11.6 Å². The monoisotopic (exact) mass is 289 g/mol. The molecule has 2 rings (SSSR count). The maximum atomic E-state index is 13.7. The largest absolute Gasteiger partial charge is 0.494 e. The van der Waals surface area contributed by atoms with E-state index in [-0.39, 0.29) is 24.2 Å². The van der Waals surface area contributed by atoms with Gasteiger partial charge in [0.1, 0.15) is 0 Å². The van der Waals surface area contributed by atoms with Crippen LogP contribution in [-0.4, -0.2) is 18.8 Å². The standard InChI is InChI=1S/C17H20FNO2/c1-12(14-5-8-17(21-2)16(18)11-14)19-15-6-3-13(4-7-15)9-10-20/h3-8,11-12,19-20H,9-10H2,1-2H3. The highest BCUT2D eigenvalue weighted by atomic mass is 19.1. The molecule has 0 aliphatic heterocycles. The van der Waals surface area contributed by atoms with E-state index in [0.29, 0.717) is 6.42 Å². The molecule has 3 nitrogen and oxygen atoms in total. The van der Waals surface area contributed by atoms with Crippen LogP contribution >= 0.6 is 0 Å². The average Bonchev–Trinajstić information content (AvgIpc) is 2.49. The molecule has 0 aliphatic carbocycles. The predicted octanol–water partition coefficient (Wildman–Crippen LogP) is 3.54. The lowest BCUT2D eigenvalue weighted by Gasteiger charge is -2.16. The fraction of sp³-hybridized carbons (Fsp3) is 0.294. The zero-order valence-electron chi connectivity index (χ0n) is 12.3. The second-order valence-corrected chi connectivity index (χ2v) is 4.93. The summed E-state index contributed by atoms with van der Waals surface area (Å²) in [5.74, 6) is -0.110. The highest BCUT2D eigenvalue weighted by Gasteiger charge is 2.09. The SMILES string of the molecule is COc1ccc(C(C)Nc2ccc(CCO)cc2)cc1F. The molecule has 0 saturated heterocycles. The first-order chi connectivity index (χ1) is 10.1. The lowest BCUT2D eigenvalue weighted by Crippen LogP contribution is -2.07. The Balaban J connectivity index is 2.06. The van der Waals surface area contributed by atoms with Crippen molar-refractivity contribution in [2.75, 3.05) is 19.0 Å². The van der Waals surface area contributed by atoms with Crippen molar-refractivity contribution < 1.29 is 14.2 Å². The highest BCUT2D eigenvalue weighted by Crippen LogP contribution is 2.24. The Kier molecular flexibility index (Phi) is 5.17. The third-order valence-corrected chi connectivity index (χ3v) is 3.41. The summed E-state index contributed by atoms with van der Waals surface area (Å²) < 4.78 is 18.6. The molecular formula is C17H20FNO2. The molecule has 0 aliphatic rings. The van der Waals surface area contributed by atoms with Crippen LogP contribution in [0.3, 0.4) is 0 Å². The minimum atomic E-state index is -0.359. The second kappa shape index (κ2) is 7.09. The number of rotatable bonds is 6. The van der Waals surface area contributed by atoms with Crippen molar-refractivity contribution in [3.8, 4) is 5.75 Å². The summed E-state index contributed by atoms with van der Waals surface area (Å²) in [7, 11) is 1.45. The molecule has 1 atom stereocenters. The number of aliphatic hydroxyl groups is 1. The van der Waals surface area contributed by atoms with E-state index >= 15 is 0 Å². The van der Waals surface area contributed by atoms with Crippen LogP contribution < -0.4 is 10.1 Å². The van der Waals surface area contributed by atoms with Crippen LogP contribution in [0.5, 0.6) is 5.75 Å². The van der Waals surface area contributed by atoms with Gasteiger partial charge >= 0.3 is 0 Å².